The number of rotatable bonds is 3. The third-order valence-electron chi connectivity index (χ3n) is 2.99. The summed E-state index contributed by atoms with van der Waals surface area (Å²) in [4.78, 5) is 24.4. The van der Waals surface area contributed by atoms with Gasteiger partial charge in [-0.3, -0.25) is 9.78 Å². The monoisotopic (exact) mass is 287 g/mol. The fraction of sp³-hybridized carbons (Fsp3) is 0.154. The number of nitrogens with zero attached hydrogens (tertiary/aromatic N) is 2. The maximum atomic E-state index is 12.0. The second-order valence-corrected chi connectivity index (χ2v) is 5.34. The number of H-pyrrole nitrogens is 1. The van der Waals surface area contributed by atoms with E-state index in [4.69, 9.17) is 5.73 Å². The summed E-state index contributed by atoms with van der Waals surface area (Å²) < 4.78 is 0. The molecule has 7 heteroatoms. The van der Waals surface area contributed by atoms with Gasteiger partial charge in [-0.2, -0.15) is 0 Å². The minimum absolute atomic E-state index is 0.203. The van der Waals surface area contributed by atoms with Crippen molar-refractivity contribution < 1.29 is 0 Å². The van der Waals surface area contributed by atoms with Gasteiger partial charge in [0.15, 0.2) is 0 Å². The van der Waals surface area contributed by atoms with E-state index < -0.39 is 0 Å². The molecule has 0 unspecified atom stereocenters. The lowest BCUT2D eigenvalue weighted by atomic mass is 10.2. The van der Waals surface area contributed by atoms with E-state index in [1.165, 1.54) is 0 Å². The molecule has 4 N–H and O–H groups in total. The van der Waals surface area contributed by atoms with E-state index in [1.54, 1.807) is 35.0 Å². The zero-order valence-electron chi connectivity index (χ0n) is 10.8. The zero-order chi connectivity index (χ0) is 14.1. The van der Waals surface area contributed by atoms with Crippen LogP contribution < -0.4 is 16.6 Å². The maximum absolute atomic E-state index is 12.0. The molecule has 6 nitrogen and oxygen atoms in total. The molecule has 0 amide bonds. The van der Waals surface area contributed by atoms with Gasteiger partial charge in [-0.1, -0.05) is 0 Å². The average molecular weight is 287 g/mol. The van der Waals surface area contributed by atoms with E-state index in [1.807, 2.05) is 6.92 Å². The number of fused-ring (bicyclic) bond motifs is 1. The second-order valence-electron chi connectivity index (χ2n) is 4.41. The molecule has 0 atom stereocenters. The van der Waals surface area contributed by atoms with Crippen LogP contribution in [0.5, 0.6) is 0 Å². The number of hydrogen-bond donors (Lipinski definition) is 3. The van der Waals surface area contributed by atoms with Crippen LogP contribution in [0.2, 0.25) is 0 Å². The van der Waals surface area contributed by atoms with E-state index in [2.05, 4.69) is 20.3 Å². The van der Waals surface area contributed by atoms with Crippen LogP contribution >= 0.6 is 11.3 Å². The van der Waals surface area contributed by atoms with Crippen molar-refractivity contribution in [2.75, 3.05) is 11.1 Å². The predicted octanol–water partition coefficient (Wildman–Crippen LogP) is 1.88. The molecule has 2 heterocycles. The topological polar surface area (TPSA) is 96.7 Å². The van der Waals surface area contributed by atoms with Gasteiger partial charge in [-0.25, -0.2) is 9.97 Å². The Balaban J connectivity index is 1.91. The minimum atomic E-state index is -0.203. The Morgan fingerprint density at radius 1 is 1.45 bits per heavy atom. The molecule has 0 aliphatic rings. The smallest absolute Gasteiger partial charge is 0.260 e. The third-order valence-corrected chi connectivity index (χ3v) is 3.93. The van der Waals surface area contributed by atoms with Gasteiger partial charge in [0.2, 0.25) is 5.95 Å². The highest BCUT2D eigenvalue weighted by Crippen LogP contribution is 2.15. The average Bonchev–Trinajstić information content (AvgIpc) is 2.83. The van der Waals surface area contributed by atoms with Gasteiger partial charge >= 0.3 is 0 Å². The van der Waals surface area contributed by atoms with Crippen LogP contribution in [0.15, 0.2) is 28.5 Å². The lowest BCUT2D eigenvalue weighted by molar-refractivity contribution is 1.05. The van der Waals surface area contributed by atoms with Gasteiger partial charge < -0.3 is 11.1 Å². The van der Waals surface area contributed by atoms with Gasteiger partial charge in [-0.15, -0.1) is 11.3 Å². The SMILES string of the molecule is Cc1ncsc1CNc1nc2ccc(N)cc2c(=O)[nH]1. The molecular formula is C13H13N5OS. The summed E-state index contributed by atoms with van der Waals surface area (Å²) in [6.45, 7) is 2.53. The maximum Gasteiger partial charge on any atom is 0.260 e. The fourth-order valence-electron chi connectivity index (χ4n) is 1.90. The van der Waals surface area contributed by atoms with Crippen molar-refractivity contribution in [3.8, 4) is 0 Å². The summed E-state index contributed by atoms with van der Waals surface area (Å²) in [6, 6.07) is 5.09. The molecule has 3 aromatic rings. The first kappa shape index (κ1) is 12.6. The Morgan fingerprint density at radius 2 is 2.30 bits per heavy atom. The molecule has 20 heavy (non-hydrogen) atoms. The Hall–Kier alpha value is -2.41. The number of anilines is 2. The molecule has 2 aromatic heterocycles. The molecule has 0 bridgehead atoms. The summed E-state index contributed by atoms with van der Waals surface area (Å²) in [5, 5.41) is 3.60. The molecular weight excluding hydrogens is 274 g/mol. The molecule has 0 aliphatic carbocycles. The van der Waals surface area contributed by atoms with Gasteiger partial charge in [-0.05, 0) is 25.1 Å². The van der Waals surface area contributed by atoms with Crippen molar-refractivity contribution in [2.24, 2.45) is 0 Å². The van der Waals surface area contributed by atoms with E-state index in [0.29, 0.717) is 29.1 Å². The highest BCUT2D eigenvalue weighted by atomic mass is 32.1. The number of nitrogens with two attached hydrogens (primary N) is 1. The molecule has 102 valence electrons. The van der Waals surface area contributed by atoms with Crippen molar-refractivity contribution in [3.63, 3.8) is 0 Å². The molecule has 0 saturated carbocycles. The summed E-state index contributed by atoms with van der Waals surface area (Å²) in [7, 11) is 0. The molecule has 3 rings (SSSR count). The third kappa shape index (κ3) is 2.35. The van der Waals surface area contributed by atoms with Crippen molar-refractivity contribution in [1.82, 2.24) is 15.0 Å². The number of thiazole rings is 1. The molecule has 0 spiro atoms. The number of nitrogens with one attached hydrogen (secondary N) is 2. The Labute approximate surface area is 118 Å². The van der Waals surface area contributed by atoms with Crippen molar-refractivity contribution in [2.45, 2.75) is 13.5 Å². The van der Waals surface area contributed by atoms with Crippen LogP contribution in [0.4, 0.5) is 11.6 Å². The number of benzene rings is 1. The fourth-order valence-corrected chi connectivity index (χ4v) is 2.62. The van der Waals surface area contributed by atoms with Crippen LogP contribution in [0.3, 0.4) is 0 Å². The van der Waals surface area contributed by atoms with E-state index >= 15 is 0 Å². The summed E-state index contributed by atoms with van der Waals surface area (Å²) in [5.74, 6) is 0.445. The quantitative estimate of drug-likeness (QED) is 0.639. The molecule has 1 aromatic carbocycles. The van der Waals surface area contributed by atoms with Crippen LogP contribution in [0, 0.1) is 6.92 Å². The van der Waals surface area contributed by atoms with Crippen molar-refractivity contribution >= 4 is 33.9 Å². The van der Waals surface area contributed by atoms with E-state index in [9.17, 15) is 4.79 Å². The Kier molecular flexibility index (Phi) is 3.11. The summed E-state index contributed by atoms with van der Waals surface area (Å²) in [5.41, 5.74) is 9.41. The molecule has 0 aliphatic heterocycles. The van der Waals surface area contributed by atoms with Gasteiger partial charge in [0.05, 0.1) is 28.7 Å². The minimum Gasteiger partial charge on any atom is -0.399 e. The van der Waals surface area contributed by atoms with Crippen LogP contribution in [-0.4, -0.2) is 15.0 Å². The number of nitrogen functional groups attached to an aromatic ring is 1. The first-order valence-corrected chi connectivity index (χ1v) is 6.94. The van der Waals surface area contributed by atoms with Crippen LogP contribution in [0.25, 0.3) is 10.9 Å². The standard InChI is InChI=1S/C13H13N5OS/c1-7-11(20-6-16-7)5-15-13-17-10-3-2-8(14)4-9(10)12(19)18-13/h2-4,6H,5,14H2,1H3,(H2,15,17,18,19). The largest absolute Gasteiger partial charge is 0.399 e. The number of aromatic amines is 1. The molecule has 0 fully saturated rings. The summed E-state index contributed by atoms with van der Waals surface area (Å²) in [6.07, 6.45) is 0. The first-order chi connectivity index (χ1) is 9.63. The highest BCUT2D eigenvalue weighted by molar-refractivity contribution is 7.09. The molecule has 0 radical (unpaired) electrons. The molecule has 0 saturated heterocycles. The Bertz CT molecular complexity index is 823. The number of aromatic nitrogens is 3. The van der Waals surface area contributed by atoms with Gasteiger partial charge in [0.1, 0.15) is 0 Å². The van der Waals surface area contributed by atoms with E-state index in [0.717, 1.165) is 10.6 Å². The predicted molar refractivity (Wildman–Crippen MR) is 81.0 cm³/mol. The lowest BCUT2D eigenvalue weighted by Crippen LogP contribution is -2.13. The van der Waals surface area contributed by atoms with Crippen LogP contribution in [-0.2, 0) is 6.54 Å². The van der Waals surface area contributed by atoms with E-state index in [-0.39, 0.29) is 5.56 Å². The number of hydrogen-bond acceptors (Lipinski definition) is 6. The first-order valence-electron chi connectivity index (χ1n) is 6.06. The normalized spacial score (nSPS) is 10.8. The highest BCUT2D eigenvalue weighted by Gasteiger charge is 2.06. The van der Waals surface area contributed by atoms with Crippen molar-refractivity contribution in [3.05, 3.63) is 44.6 Å². The number of aryl methyl sites for hydroxylation is 1. The zero-order valence-corrected chi connectivity index (χ0v) is 11.6. The van der Waals surface area contributed by atoms with Crippen LogP contribution in [0.1, 0.15) is 10.6 Å². The van der Waals surface area contributed by atoms with Crippen molar-refractivity contribution in [1.29, 1.82) is 0 Å². The van der Waals surface area contributed by atoms with Gasteiger partial charge in [0, 0.05) is 10.6 Å². The van der Waals surface area contributed by atoms with Gasteiger partial charge in [0.25, 0.3) is 5.56 Å². The second kappa shape index (κ2) is 4.93. The lowest BCUT2D eigenvalue weighted by Gasteiger charge is -2.06. The summed E-state index contributed by atoms with van der Waals surface area (Å²) >= 11 is 1.57. The Morgan fingerprint density at radius 3 is 3.05 bits per heavy atom.